The lowest BCUT2D eigenvalue weighted by Crippen LogP contribution is -2.43. The summed E-state index contributed by atoms with van der Waals surface area (Å²) in [6.07, 6.45) is 2.00. The maximum atomic E-state index is 13.0. The molecule has 6 nitrogen and oxygen atoms in total. The number of likely N-dealkylation sites (N-methyl/N-ethyl adjacent to an activating group) is 1. The van der Waals surface area contributed by atoms with Gasteiger partial charge in [0.25, 0.3) is 5.91 Å². The molecule has 1 N–H and O–H groups in total. The molecule has 1 unspecified atom stereocenters. The van der Waals surface area contributed by atoms with E-state index in [9.17, 15) is 14.4 Å². The summed E-state index contributed by atoms with van der Waals surface area (Å²) in [5.74, 6) is -0.757. The van der Waals surface area contributed by atoms with Crippen LogP contribution in [0.2, 0.25) is 0 Å². The Morgan fingerprint density at radius 3 is 2.32 bits per heavy atom. The Balaban J connectivity index is 1.76. The third-order valence-electron chi connectivity index (χ3n) is 5.16. The van der Waals surface area contributed by atoms with Crippen LogP contribution in [0, 0.1) is 0 Å². The van der Waals surface area contributed by atoms with Gasteiger partial charge in [-0.1, -0.05) is 55.8 Å². The fraction of sp³-hybridized carbons (Fsp3) is 0.318. The number of nitrogens with zero attached hydrogens (tertiary/aromatic N) is 2. The third-order valence-corrected chi connectivity index (χ3v) is 5.16. The first-order valence-corrected chi connectivity index (χ1v) is 9.42. The van der Waals surface area contributed by atoms with Crippen LogP contribution < -0.4 is 10.2 Å². The van der Waals surface area contributed by atoms with Crippen LogP contribution in [0.1, 0.15) is 31.4 Å². The van der Waals surface area contributed by atoms with Crippen molar-refractivity contribution in [1.82, 2.24) is 10.2 Å². The van der Waals surface area contributed by atoms with Crippen LogP contribution in [0.15, 0.2) is 54.6 Å². The second kappa shape index (κ2) is 7.84. The van der Waals surface area contributed by atoms with E-state index in [4.69, 9.17) is 0 Å². The van der Waals surface area contributed by atoms with E-state index < -0.39 is 17.5 Å². The molecule has 0 aliphatic carbocycles. The molecule has 2 aromatic carbocycles. The van der Waals surface area contributed by atoms with Gasteiger partial charge in [-0.3, -0.25) is 14.5 Å². The minimum atomic E-state index is -1.17. The standard InChI is InChI=1S/C22H25N3O3/c1-4-8-16-11-13-17(14-12-16)22(2)20(27)25(21(28)23-22)15-19(26)24(3)18-9-6-5-7-10-18/h5-7,9-14H,4,8,15H2,1-3H3,(H,23,28). The second-order valence-corrected chi connectivity index (χ2v) is 7.18. The summed E-state index contributed by atoms with van der Waals surface area (Å²) in [5.41, 5.74) is 1.42. The summed E-state index contributed by atoms with van der Waals surface area (Å²) in [6.45, 7) is 3.48. The minimum Gasteiger partial charge on any atom is -0.319 e. The first kappa shape index (κ1) is 19.6. The Labute approximate surface area is 165 Å². The van der Waals surface area contributed by atoms with Gasteiger partial charge in [-0.05, 0) is 36.6 Å². The molecule has 1 aliphatic rings. The van der Waals surface area contributed by atoms with Gasteiger partial charge in [-0.15, -0.1) is 0 Å². The van der Waals surface area contributed by atoms with E-state index in [-0.39, 0.29) is 12.5 Å². The summed E-state index contributed by atoms with van der Waals surface area (Å²) in [6, 6.07) is 16.2. The third kappa shape index (κ3) is 3.63. The van der Waals surface area contributed by atoms with Crippen LogP contribution in [0.3, 0.4) is 0 Å². The van der Waals surface area contributed by atoms with E-state index in [2.05, 4.69) is 12.2 Å². The van der Waals surface area contributed by atoms with E-state index in [1.54, 1.807) is 26.1 Å². The predicted molar refractivity (Wildman–Crippen MR) is 108 cm³/mol. The predicted octanol–water partition coefficient (Wildman–Crippen LogP) is 3.07. The number of amides is 4. The van der Waals surface area contributed by atoms with Gasteiger partial charge in [0.05, 0.1) is 0 Å². The topological polar surface area (TPSA) is 69.7 Å². The molecule has 1 aliphatic heterocycles. The summed E-state index contributed by atoms with van der Waals surface area (Å²) in [4.78, 5) is 40.5. The lowest BCUT2D eigenvalue weighted by molar-refractivity contribution is -0.134. The maximum absolute atomic E-state index is 13.0. The second-order valence-electron chi connectivity index (χ2n) is 7.18. The molecule has 1 saturated heterocycles. The average Bonchev–Trinajstić information content (AvgIpc) is 2.92. The zero-order valence-electron chi connectivity index (χ0n) is 16.4. The lowest BCUT2D eigenvalue weighted by Gasteiger charge is -2.23. The van der Waals surface area contributed by atoms with Crippen molar-refractivity contribution >= 4 is 23.5 Å². The van der Waals surface area contributed by atoms with Crippen LogP contribution in [-0.4, -0.2) is 36.3 Å². The molecular weight excluding hydrogens is 354 g/mol. The van der Waals surface area contributed by atoms with Gasteiger partial charge in [0.1, 0.15) is 12.1 Å². The molecule has 0 bridgehead atoms. The van der Waals surface area contributed by atoms with Crippen molar-refractivity contribution in [3.63, 3.8) is 0 Å². The SMILES string of the molecule is CCCc1ccc(C2(C)NC(=O)N(CC(=O)N(C)c3ccccc3)C2=O)cc1. The maximum Gasteiger partial charge on any atom is 0.325 e. The number of para-hydroxylation sites is 1. The van der Waals surface area contributed by atoms with Crippen molar-refractivity contribution in [3.8, 4) is 0 Å². The molecule has 28 heavy (non-hydrogen) atoms. The molecule has 1 heterocycles. The number of carbonyl (C=O) groups excluding carboxylic acids is 3. The molecule has 0 spiro atoms. The van der Waals surface area contributed by atoms with Crippen molar-refractivity contribution < 1.29 is 14.4 Å². The van der Waals surface area contributed by atoms with E-state index in [0.29, 0.717) is 11.3 Å². The molecular formula is C22H25N3O3. The largest absolute Gasteiger partial charge is 0.325 e. The number of imide groups is 1. The highest BCUT2D eigenvalue weighted by Gasteiger charge is 2.49. The number of anilines is 1. The fourth-order valence-corrected chi connectivity index (χ4v) is 3.37. The number of rotatable bonds is 6. The number of carbonyl (C=O) groups is 3. The highest BCUT2D eigenvalue weighted by molar-refractivity contribution is 6.10. The summed E-state index contributed by atoms with van der Waals surface area (Å²) in [7, 11) is 1.63. The van der Waals surface area contributed by atoms with Gasteiger partial charge in [-0.25, -0.2) is 4.79 Å². The fourth-order valence-electron chi connectivity index (χ4n) is 3.37. The number of urea groups is 1. The Morgan fingerprint density at radius 2 is 1.71 bits per heavy atom. The van der Waals surface area contributed by atoms with Gasteiger partial charge in [0.2, 0.25) is 5.91 Å². The number of hydrogen-bond donors (Lipinski definition) is 1. The lowest BCUT2D eigenvalue weighted by atomic mass is 9.91. The number of nitrogens with one attached hydrogen (secondary N) is 1. The number of aryl methyl sites for hydroxylation is 1. The Hall–Kier alpha value is -3.15. The first-order chi connectivity index (χ1) is 13.4. The molecule has 0 radical (unpaired) electrons. The first-order valence-electron chi connectivity index (χ1n) is 9.42. The quantitative estimate of drug-likeness (QED) is 0.784. The Bertz CT molecular complexity index is 880. The summed E-state index contributed by atoms with van der Waals surface area (Å²) >= 11 is 0. The molecule has 4 amide bonds. The van der Waals surface area contributed by atoms with E-state index >= 15 is 0 Å². The highest BCUT2D eigenvalue weighted by Crippen LogP contribution is 2.29. The zero-order valence-corrected chi connectivity index (χ0v) is 16.4. The molecule has 1 atom stereocenters. The normalized spacial score (nSPS) is 18.9. The van der Waals surface area contributed by atoms with Crippen LogP contribution >= 0.6 is 0 Å². The molecule has 6 heteroatoms. The molecule has 1 fully saturated rings. The summed E-state index contributed by atoms with van der Waals surface area (Å²) < 4.78 is 0. The van der Waals surface area contributed by atoms with E-state index in [1.807, 2.05) is 42.5 Å². The van der Waals surface area contributed by atoms with Crippen molar-refractivity contribution in [3.05, 3.63) is 65.7 Å². The van der Waals surface area contributed by atoms with E-state index in [0.717, 1.165) is 17.7 Å². The van der Waals surface area contributed by atoms with Crippen molar-refractivity contribution in [2.24, 2.45) is 0 Å². The molecule has 0 aromatic heterocycles. The van der Waals surface area contributed by atoms with Crippen LogP contribution in [-0.2, 0) is 21.5 Å². The van der Waals surface area contributed by atoms with Gasteiger partial charge in [0.15, 0.2) is 0 Å². The van der Waals surface area contributed by atoms with E-state index in [1.165, 1.54) is 10.5 Å². The van der Waals surface area contributed by atoms with Crippen LogP contribution in [0.4, 0.5) is 10.5 Å². The number of hydrogen-bond acceptors (Lipinski definition) is 3. The summed E-state index contributed by atoms with van der Waals surface area (Å²) in [5, 5.41) is 2.75. The molecule has 3 rings (SSSR count). The monoisotopic (exact) mass is 379 g/mol. The van der Waals surface area contributed by atoms with Gasteiger partial charge in [-0.2, -0.15) is 0 Å². The van der Waals surface area contributed by atoms with Crippen LogP contribution in [0.25, 0.3) is 0 Å². The van der Waals surface area contributed by atoms with Gasteiger partial charge >= 0.3 is 6.03 Å². The smallest absolute Gasteiger partial charge is 0.319 e. The zero-order chi connectivity index (χ0) is 20.3. The Morgan fingerprint density at radius 1 is 1.07 bits per heavy atom. The molecule has 146 valence electrons. The molecule has 2 aromatic rings. The Kier molecular flexibility index (Phi) is 5.49. The van der Waals surface area contributed by atoms with Gasteiger partial charge < -0.3 is 10.2 Å². The molecule has 0 saturated carbocycles. The van der Waals surface area contributed by atoms with Crippen molar-refractivity contribution in [2.45, 2.75) is 32.2 Å². The van der Waals surface area contributed by atoms with Crippen molar-refractivity contribution in [1.29, 1.82) is 0 Å². The van der Waals surface area contributed by atoms with Gasteiger partial charge in [0, 0.05) is 12.7 Å². The minimum absolute atomic E-state index is 0.306. The highest BCUT2D eigenvalue weighted by atomic mass is 16.2. The average molecular weight is 379 g/mol. The number of benzene rings is 2. The van der Waals surface area contributed by atoms with Crippen LogP contribution in [0.5, 0.6) is 0 Å². The van der Waals surface area contributed by atoms with Crippen molar-refractivity contribution in [2.75, 3.05) is 18.5 Å².